The van der Waals surface area contributed by atoms with E-state index < -0.39 is 6.09 Å². The maximum atomic E-state index is 13.5. The van der Waals surface area contributed by atoms with Crippen LogP contribution in [0.3, 0.4) is 0 Å². The average Bonchev–Trinajstić information content (AvgIpc) is 2.74. The zero-order valence-electron chi connectivity index (χ0n) is 17.2. The topological polar surface area (TPSA) is 61.9 Å². The summed E-state index contributed by atoms with van der Waals surface area (Å²) in [6.45, 7) is 0.590. The number of nitrogens with one attached hydrogen (secondary N) is 1. The van der Waals surface area contributed by atoms with Gasteiger partial charge in [0, 0.05) is 39.5 Å². The van der Waals surface area contributed by atoms with Crippen molar-refractivity contribution in [1.82, 2.24) is 15.1 Å². The first-order valence-corrected chi connectivity index (χ1v) is 10.2. The van der Waals surface area contributed by atoms with Crippen molar-refractivity contribution < 1.29 is 18.7 Å². The van der Waals surface area contributed by atoms with Crippen LogP contribution in [0, 0.1) is 5.82 Å². The lowest BCUT2D eigenvalue weighted by molar-refractivity contribution is 0.00197. The van der Waals surface area contributed by atoms with Crippen LogP contribution >= 0.6 is 0 Å². The molecule has 2 aromatic carbocycles. The second-order valence-electron chi connectivity index (χ2n) is 7.89. The SMILES string of the molecule is CNC(=O)OC1CC(N(C)C(=O)N2CCc3ccccc3[C@@H]2c2ccc(F)cc2)C1. The molecule has 30 heavy (non-hydrogen) atoms. The minimum absolute atomic E-state index is 0.0261. The van der Waals surface area contributed by atoms with Crippen LogP contribution in [0.2, 0.25) is 0 Å². The van der Waals surface area contributed by atoms with Crippen LogP contribution in [0.15, 0.2) is 48.5 Å². The molecule has 0 bridgehead atoms. The Bertz CT molecular complexity index is 928. The third kappa shape index (κ3) is 3.84. The lowest BCUT2D eigenvalue weighted by atomic mass is 9.87. The molecular formula is C23H26FN3O3. The van der Waals surface area contributed by atoms with Gasteiger partial charge in [-0.15, -0.1) is 0 Å². The van der Waals surface area contributed by atoms with Crippen LogP contribution in [0.5, 0.6) is 0 Å². The lowest BCUT2D eigenvalue weighted by Crippen LogP contribution is -2.55. The highest BCUT2D eigenvalue weighted by molar-refractivity contribution is 5.76. The van der Waals surface area contributed by atoms with Crippen LogP contribution in [-0.4, -0.2) is 54.7 Å². The standard InChI is InChI=1S/C23H26FN3O3/c1-25-22(28)30-19-13-18(14-19)26(2)23(29)27-12-11-15-5-3-4-6-20(15)21(27)16-7-9-17(24)10-8-16/h3-10,18-19,21H,11-14H2,1-2H3,(H,25,28)/t18?,19?,21-/m0/s1. The number of carbonyl (C=O) groups excluding carboxylic acids is 2. The summed E-state index contributed by atoms with van der Waals surface area (Å²) in [5.74, 6) is -0.297. The molecule has 1 saturated carbocycles. The number of urea groups is 1. The van der Waals surface area contributed by atoms with Crippen molar-refractivity contribution in [3.63, 3.8) is 0 Å². The van der Waals surface area contributed by atoms with E-state index in [1.165, 1.54) is 24.7 Å². The monoisotopic (exact) mass is 411 g/mol. The first-order valence-electron chi connectivity index (χ1n) is 10.2. The second-order valence-corrected chi connectivity index (χ2v) is 7.89. The smallest absolute Gasteiger partial charge is 0.407 e. The van der Waals surface area contributed by atoms with Crippen molar-refractivity contribution in [2.24, 2.45) is 0 Å². The second kappa shape index (κ2) is 8.34. The molecule has 1 fully saturated rings. The highest BCUT2D eigenvalue weighted by atomic mass is 19.1. The van der Waals surface area contributed by atoms with E-state index in [4.69, 9.17) is 4.74 Å². The molecule has 1 aliphatic heterocycles. The molecule has 0 aromatic heterocycles. The maximum absolute atomic E-state index is 13.5. The van der Waals surface area contributed by atoms with Crippen LogP contribution in [0.1, 0.15) is 35.6 Å². The Morgan fingerprint density at radius 1 is 1.13 bits per heavy atom. The summed E-state index contributed by atoms with van der Waals surface area (Å²) in [5.41, 5.74) is 3.17. The van der Waals surface area contributed by atoms with E-state index in [1.807, 2.05) is 23.1 Å². The van der Waals surface area contributed by atoms with Crippen molar-refractivity contribution in [1.29, 1.82) is 0 Å². The number of benzene rings is 2. The van der Waals surface area contributed by atoms with Gasteiger partial charge in [0.15, 0.2) is 0 Å². The number of amides is 3. The maximum Gasteiger partial charge on any atom is 0.407 e. The Morgan fingerprint density at radius 3 is 2.53 bits per heavy atom. The van der Waals surface area contributed by atoms with E-state index >= 15 is 0 Å². The fourth-order valence-corrected chi connectivity index (χ4v) is 4.30. The molecule has 1 aliphatic carbocycles. The molecule has 4 rings (SSSR count). The van der Waals surface area contributed by atoms with Gasteiger partial charge in [0.2, 0.25) is 0 Å². The van der Waals surface area contributed by atoms with Crippen molar-refractivity contribution in [2.45, 2.75) is 37.5 Å². The lowest BCUT2D eigenvalue weighted by Gasteiger charge is -2.45. The molecule has 1 heterocycles. The number of nitrogens with zero attached hydrogens (tertiary/aromatic N) is 2. The van der Waals surface area contributed by atoms with Gasteiger partial charge in [0.25, 0.3) is 0 Å². The quantitative estimate of drug-likeness (QED) is 0.838. The summed E-state index contributed by atoms with van der Waals surface area (Å²) >= 11 is 0. The number of fused-ring (bicyclic) bond motifs is 1. The molecule has 0 unspecified atom stereocenters. The van der Waals surface area contributed by atoms with Gasteiger partial charge in [-0.25, -0.2) is 14.0 Å². The van der Waals surface area contributed by atoms with E-state index in [0.29, 0.717) is 19.4 Å². The minimum atomic E-state index is -0.448. The largest absolute Gasteiger partial charge is 0.446 e. The van der Waals surface area contributed by atoms with Crippen LogP contribution in [0.25, 0.3) is 0 Å². The van der Waals surface area contributed by atoms with E-state index in [0.717, 1.165) is 17.5 Å². The molecule has 1 atom stereocenters. The first-order chi connectivity index (χ1) is 14.5. The van der Waals surface area contributed by atoms with Crippen molar-refractivity contribution in [2.75, 3.05) is 20.6 Å². The van der Waals surface area contributed by atoms with E-state index in [1.54, 1.807) is 24.1 Å². The summed E-state index contributed by atoms with van der Waals surface area (Å²) in [6.07, 6.45) is 1.42. The van der Waals surface area contributed by atoms with Crippen LogP contribution in [-0.2, 0) is 11.2 Å². The molecule has 6 nitrogen and oxygen atoms in total. The van der Waals surface area contributed by atoms with Crippen molar-refractivity contribution in [3.8, 4) is 0 Å². The van der Waals surface area contributed by atoms with Crippen LogP contribution < -0.4 is 5.32 Å². The van der Waals surface area contributed by atoms with Gasteiger partial charge < -0.3 is 19.9 Å². The Morgan fingerprint density at radius 2 is 1.83 bits per heavy atom. The Labute approximate surface area is 175 Å². The zero-order chi connectivity index (χ0) is 21.3. The Balaban J connectivity index is 1.54. The van der Waals surface area contributed by atoms with Gasteiger partial charge >= 0.3 is 12.1 Å². The summed E-state index contributed by atoms with van der Waals surface area (Å²) in [4.78, 5) is 28.4. The normalized spacial score (nSPS) is 22.5. The summed E-state index contributed by atoms with van der Waals surface area (Å²) < 4.78 is 18.8. The highest BCUT2D eigenvalue weighted by Gasteiger charge is 2.40. The molecule has 7 heteroatoms. The van der Waals surface area contributed by atoms with Gasteiger partial charge in [0.05, 0.1) is 6.04 Å². The Hall–Kier alpha value is -3.09. The molecule has 0 saturated heterocycles. The zero-order valence-corrected chi connectivity index (χ0v) is 17.2. The fourth-order valence-electron chi connectivity index (χ4n) is 4.30. The third-order valence-corrected chi connectivity index (χ3v) is 6.11. The van der Waals surface area contributed by atoms with Gasteiger partial charge in [0.1, 0.15) is 11.9 Å². The van der Waals surface area contributed by atoms with Gasteiger partial charge in [-0.2, -0.15) is 0 Å². The highest BCUT2D eigenvalue weighted by Crippen LogP contribution is 2.37. The molecule has 0 radical (unpaired) electrons. The minimum Gasteiger partial charge on any atom is -0.446 e. The van der Waals surface area contributed by atoms with Gasteiger partial charge in [-0.3, -0.25) is 0 Å². The van der Waals surface area contributed by atoms with E-state index in [2.05, 4.69) is 11.4 Å². The molecule has 1 N–H and O–H groups in total. The average molecular weight is 411 g/mol. The summed E-state index contributed by atoms with van der Waals surface area (Å²) in [5, 5.41) is 2.44. The summed E-state index contributed by atoms with van der Waals surface area (Å²) in [6, 6.07) is 14.2. The van der Waals surface area contributed by atoms with Crippen LogP contribution in [0.4, 0.5) is 14.0 Å². The molecule has 2 aliphatic rings. The fraction of sp³-hybridized carbons (Fsp3) is 0.391. The first kappa shape index (κ1) is 20.2. The number of alkyl carbamates (subject to hydrolysis) is 1. The Kier molecular flexibility index (Phi) is 5.61. The number of ether oxygens (including phenoxy) is 1. The predicted octanol–water partition coefficient (Wildman–Crippen LogP) is 3.71. The van der Waals surface area contributed by atoms with E-state index in [9.17, 15) is 14.0 Å². The number of hydrogen-bond acceptors (Lipinski definition) is 3. The molecule has 158 valence electrons. The number of carbonyl (C=O) groups is 2. The number of hydrogen-bond donors (Lipinski definition) is 1. The molecule has 0 spiro atoms. The van der Waals surface area contributed by atoms with E-state index in [-0.39, 0.29) is 30.0 Å². The van der Waals surface area contributed by atoms with Gasteiger partial charge in [-0.1, -0.05) is 36.4 Å². The molecule has 2 aromatic rings. The van der Waals surface area contributed by atoms with Crippen molar-refractivity contribution in [3.05, 3.63) is 71.0 Å². The summed E-state index contributed by atoms with van der Waals surface area (Å²) in [7, 11) is 3.32. The molecular weight excluding hydrogens is 385 g/mol. The number of halogens is 1. The number of rotatable bonds is 3. The predicted molar refractivity (Wildman–Crippen MR) is 111 cm³/mol. The van der Waals surface area contributed by atoms with Gasteiger partial charge in [-0.05, 0) is 35.2 Å². The molecule has 3 amide bonds. The van der Waals surface area contributed by atoms with Crippen molar-refractivity contribution >= 4 is 12.1 Å². The third-order valence-electron chi connectivity index (χ3n) is 6.11.